The van der Waals surface area contributed by atoms with Crippen LogP contribution in [0.2, 0.25) is 0 Å². The molecule has 0 atom stereocenters. The van der Waals surface area contributed by atoms with E-state index in [2.05, 4.69) is 34.2 Å². The lowest BCUT2D eigenvalue weighted by molar-refractivity contribution is -0.132. The summed E-state index contributed by atoms with van der Waals surface area (Å²) in [7, 11) is 0. The van der Waals surface area contributed by atoms with E-state index in [0.717, 1.165) is 6.54 Å². The average molecular weight is 373 g/mol. The molecule has 0 radical (unpaired) electrons. The van der Waals surface area contributed by atoms with E-state index in [4.69, 9.17) is 0 Å². The number of carbonyl (C=O) groups excluding carboxylic acids is 1. The van der Waals surface area contributed by atoms with Crippen LogP contribution in [0.1, 0.15) is 42.6 Å². The number of H-pyrrole nitrogens is 1. The molecule has 2 aromatic carbocycles. The van der Waals surface area contributed by atoms with E-state index in [1.54, 1.807) is 6.07 Å². The molecule has 5 rings (SSSR count). The fourth-order valence-corrected chi connectivity index (χ4v) is 4.46. The Morgan fingerprint density at radius 3 is 2.75 bits per heavy atom. The summed E-state index contributed by atoms with van der Waals surface area (Å²) in [5.74, 6) is 0.850. The fourth-order valence-electron chi connectivity index (χ4n) is 4.46. The monoisotopic (exact) mass is 373 g/mol. The van der Waals surface area contributed by atoms with Gasteiger partial charge in [-0.05, 0) is 42.5 Å². The summed E-state index contributed by atoms with van der Waals surface area (Å²) < 4.78 is 0. The number of aromatic amines is 1. The Bertz CT molecular complexity index is 1110. The second-order valence-electron chi connectivity index (χ2n) is 8.07. The van der Waals surface area contributed by atoms with Crippen molar-refractivity contribution in [2.75, 3.05) is 6.54 Å². The molecule has 2 heterocycles. The van der Waals surface area contributed by atoms with E-state index in [9.17, 15) is 9.59 Å². The van der Waals surface area contributed by atoms with Crippen molar-refractivity contribution < 1.29 is 4.79 Å². The van der Waals surface area contributed by atoms with Gasteiger partial charge in [-0.2, -0.15) is 0 Å². The van der Waals surface area contributed by atoms with Crippen LogP contribution in [0.4, 0.5) is 0 Å². The molecule has 0 saturated heterocycles. The minimum absolute atomic E-state index is 0.116. The van der Waals surface area contributed by atoms with Crippen LogP contribution in [-0.4, -0.2) is 27.3 Å². The van der Waals surface area contributed by atoms with Crippen LogP contribution in [0.3, 0.4) is 0 Å². The molecule has 0 bridgehead atoms. The van der Waals surface area contributed by atoms with Crippen LogP contribution in [0.15, 0.2) is 53.3 Å². The van der Waals surface area contributed by atoms with E-state index in [0.29, 0.717) is 42.5 Å². The van der Waals surface area contributed by atoms with Gasteiger partial charge in [0, 0.05) is 31.3 Å². The molecule has 3 aromatic rings. The number of para-hydroxylation sites is 1. The van der Waals surface area contributed by atoms with Gasteiger partial charge in [-0.15, -0.1) is 0 Å². The maximum Gasteiger partial charge on any atom is 0.258 e. The highest BCUT2D eigenvalue weighted by Gasteiger charge is 2.49. The van der Waals surface area contributed by atoms with Gasteiger partial charge < -0.3 is 9.88 Å². The number of nitrogens with one attached hydrogen (secondary N) is 1. The highest BCUT2D eigenvalue weighted by atomic mass is 16.2. The van der Waals surface area contributed by atoms with Crippen molar-refractivity contribution in [2.24, 2.45) is 0 Å². The predicted octanol–water partition coefficient (Wildman–Crippen LogP) is 3.32. The second kappa shape index (κ2) is 6.59. The molecule has 5 heteroatoms. The summed E-state index contributed by atoms with van der Waals surface area (Å²) >= 11 is 0. The first kappa shape index (κ1) is 17.2. The van der Waals surface area contributed by atoms with Crippen molar-refractivity contribution in [2.45, 2.75) is 44.1 Å². The Kier molecular flexibility index (Phi) is 4.04. The van der Waals surface area contributed by atoms with Crippen molar-refractivity contribution in [3.8, 4) is 0 Å². The molecule has 1 aromatic heterocycles. The van der Waals surface area contributed by atoms with Crippen LogP contribution in [0, 0.1) is 0 Å². The summed E-state index contributed by atoms with van der Waals surface area (Å²) in [6.07, 6.45) is 4.12. The molecule has 28 heavy (non-hydrogen) atoms. The highest BCUT2D eigenvalue weighted by Crippen LogP contribution is 2.52. The summed E-state index contributed by atoms with van der Waals surface area (Å²) in [6.45, 7) is 1.55. The minimum atomic E-state index is -0.116. The first-order valence-corrected chi connectivity index (χ1v) is 9.99. The predicted molar refractivity (Wildman–Crippen MR) is 108 cm³/mol. The zero-order chi connectivity index (χ0) is 19.1. The number of benzene rings is 2. The zero-order valence-corrected chi connectivity index (χ0v) is 15.8. The third kappa shape index (κ3) is 3.01. The van der Waals surface area contributed by atoms with E-state index in [1.807, 2.05) is 23.1 Å². The lowest BCUT2D eigenvalue weighted by Crippen LogP contribution is -2.41. The first-order chi connectivity index (χ1) is 13.6. The molecule has 0 unspecified atom stereocenters. The molecule has 1 saturated carbocycles. The van der Waals surface area contributed by atoms with Crippen molar-refractivity contribution in [1.29, 1.82) is 0 Å². The number of nitrogens with zero attached hydrogens (tertiary/aromatic N) is 2. The quantitative estimate of drug-likeness (QED) is 0.763. The molecule has 1 N–H and O–H groups in total. The Morgan fingerprint density at radius 2 is 1.89 bits per heavy atom. The van der Waals surface area contributed by atoms with Gasteiger partial charge >= 0.3 is 0 Å². The summed E-state index contributed by atoms with van der Waals surface area (Å²) in [5, 5.41) is 0.601. The van der Waals surface area contributed by atoms with Gasteiger partial charge in [0.15, 0.2) is 0 Å². The van der Waals surface area contributed by atoms with E-state index in [-0.39, 0.29) is 16.9 Å². The number of fused-ring (bicyclic) bond motifs is 3. The minimum Gasteiger partial charge on any atom is -0.337 e. The van der Waals surface area contributed by atoms with Gasteiger partial charge in [0.1, 0.15) is 5.82 Å². The third-order valence-electron chi connectivity index (χ3n) is 6.12. The topological polar surface area (TPSA) is 66.1 Å². The normalized spacial score (nSPS) is 16.9. The lowest BCUT2D eigenvalue weighted by Gasteiger charge is -2.35. The van der Waals surface area contributed by atoms with Crippen LogP contribution in [0.25, 0.3) is 10.9 Å². The number of aryl methyl sites for hydroxylation is 1. The molecule has 1 aliphatic heterocycles. The van der Waals surface area contributed by atoms with Crippen LogP contribution in [-0.2, 0) is 23.2 Å². The number of rotatable bonds is 4. The number of hydrogen-bond donors (Lipinski definition) is 1. The van der Waals surface area contributed by atoms with Crippen LogP contribution < -0.4 is 5.56 Å². The van der Waals surface area contributed by atoms with Crippen molar-refractivity contribution in [3.63, 3.8) is 0 Å². The van der Waals surface area contributed by atoms with Gasteiger partial charge in [-0.1, -0.05) is 36.4 Å². The maximum atomic E-state index is 12.8. The van der Waals surface area contributed by atoms with Gasteiger partial charge in [0.05, 0.1) is 10.9 Å². The lowest BCUT2D eigenvalue weighted by atomic mass is 9.87. The number of hydrogen-bond acceptors (Lipinski definition) is 3. The Hall–Kier alpha value is -2.95. The molecule has 2 aliphatic rings. The highest BCUT2D eigenvalue weighted by molar-refractivity contribution is 5.78. The zero-order valence-electron chi connectivity index (χ0n) is 15.8. The van der Waals surface area contributed by atoms with E-state index in [1.165, 1.54) is 24.0 Å². The Labute approximate surface area is 163 Å². The van der Waals surface area contributed by atoms with E-state index >= 15 is 0 Å². The van der Waals surface area contributed by atoms with Gasteiger partial charge in [0.25, 0.3) is 5.56 Å². The number of amides is 1. The molecule has 5 nitrogen and oxygen atoms in total. The second-order valence-corrected chi connectivity index (χ2v) is 8.07. The Balaban J connectivity index is 1.25. The van der Waals surface area contributed by atoms with Gasteiger partial charge in [0.2, 0.25) is 5.91 Å². The standard InChI is InChI=1S/C23H23N3O2/c27-21(26-14-16-6-1-3-8-18(16)23(15-26)12-13-23)11-5-10-20-24-19-9-4-2-7-17(19)22(28)25-20/h1-4,6-9H,5,10-15H2,(H,24,25,28). The molecule has 142 valence electrons. The summed E-state index contributed by atoms with van der Waals surface area (Å²) in [5.41, 5.74) is 3.53. The number of aromatic nitrogens is 2. The molecule has 1 spiro atoms. The Morgan fingerprint density at radius 1 is 1.11 bits per heavy atom. The van der Waals surface area contributed by atoms with Gasteiger partial charge in [-0.25, -0.2) is 4.98 Å². The average Bonchev–Trinajstić information content (AvgIpc) is 3.48. The summed E-state index contributed by atoms with van der Waals surface area (Å²) in [6, 6.07) is 15.9. The van der Waals surface area contributed by atoms with Crippen molar-refractivity contribution in [1.82, 2.24) is 14.9 Å². The van der Waals surface area contributed by atoms with Crippen molar-refractivity contribution >= 4 is 16.8 Å². The molecule has 1 fully saturated rings. The molecular formula is C23H23N3O2. The summed E-state index contributed by atoms with van der Waals surface area (Å²) in [4.78, 5) is 34.4. The fraction of sp³-hybridized carbons (Fsp3) is 0.348. The van der Waals surface area contributed by atoms with Crippen LogP contribution >= 0.6 is 0 Å². The van der Waals surface area contributed by atoms with Gasteiger partial charge in [-0.3, -0.25) is 9.59 Å². The maximum absolute atomic E-state index is 12.8. The SMILES string of the molecule is O=C(CCCc1nc2ccccc2c(=O)[nH]1)N1Cc2ccccc2C2(CC2)C1. The molecular weight excluding hydrogens is 350 g/mol. The third-order valence-corrected chi connectivity index (χ3v) is 6.12. The van der Waals surface area contributed by atoms with Crippen LogP contribution in [0.5, 0.6) is 0 Å². The largest absolute Gasteiger partial charge is 0.337 e. The molecule has 1 aliphatic carbocycles. The van der Waals surface area contributed by atoms with Crippen molar-refractivity contribution in [3.05, 3.63) is 75.8 Å². The first-order valence-electron chi connectivity index (χ1n) is 9.99. The molecule has 1 amide bonds. The van der Waals surface area contributed by atoms with E-state index < -0.39 is 0 Å². The number of carbonyl (C=O) groups is 1. The smallest absolute Gasteiger partial charge is 0.258 e.